The van der Waals surface area contributed by atoms with E-state index in [1.54, 1.807) is 0 Å². The van der Waals surface area contributed by atoms with Crippen molar-refractivity contribution >= 4 is 23.1 Å². The van der Waals surface area contributed by atoms with Gasteiger partial charge in [0.15, 0.2) is 0 Å². The van der Waals surface area contributed by atoms with Crippen molar-refractivity contribution in [3.8, 4) is 0 Å². The second-order valence-corrected chi connectivity index (χ2v) is 2.45. The summed E-state index contributed by atoms with van der Waals surface area (Å²) in [4.78, 5) is 0. The van der Waals surface area contributed by atoms with Crippen molar-refractivity contribution in [2.75, 3.05) is 0 Å². The van der Waals surface area contributed by atoms with Gasteiger partial charge in [0.2, 0.25) is 0 Å². The molecule has 0 spiro atoms. The van der Waals surface area contributed by atoms with Crippen molar-refractivity contribution in [2.45, 2.75) is 20.8 Å². The molecule has 0 heterocycles. The van der Waals surface area contributed by atoms with Gasteiger partial charge in [-0.3, -0.25) is 0 Å². The summed E-state index contributed by atoms with van der Waals surface area (Å²) in [6.07, 6.45) is 0. The Bertz CT molecular complexity index is 201. The Morgan fingerprint density at radius 3 is 1.64 bits per heavy atom. The van der Waals surface area contributed by atoms with Crippen LogP contribution in [0.1, 0.15) is 16.7 Å². The van der Waals surface area contributed by atoms with Crippen LogP contribution in [0.15, 0.2) is 12.1 Å². The maximum absolute atomic E-state index is 3.07. The molecule has 56 valence electrons. The summed E-state index contributed by atoms with van der Waals surface area (Å²) in [6, 6.07) is 7.10. The quantitative estimate of drug-likeness (QED) is 0.355. The number of aryl methyl sites for hydroxylation is 2. The Balaban J connectivity index is 0. The van der Waals surface area contributed by atoms with Crippen LogP contribution in [0.3, 0.4) is 0 Å². The monoisotopic (exact) mass is 178 g/mol. The van der Waals surface area contributed by atoms with Crippen LogP contribution in [0.5, 0.6) is 0 Å². The SMILES string of the molecule is Cc1c[c-]cc(C)c1C.[Cl-].[Mg+2]. The molecule has 0 aliphatic rings. The molecule has 0 saturated carbocycles. The molecule has 1 rings (SSSR count). The first-order valence-corrected chi connectivity index (χ1v) is 3.15. The molecule has 0 fully saturated rings. The van der Waals surface area contributed by atoms with Gasteiger partial charge in [-0.25, -0.2) is 0 Å². The third-order valence-corrected chi connectivity index (χ3v) is 1.78. The molecule has 1 aromatic carbocycles. The minimum Gasteiger partial charge on any atom is -1.00 e. The van der Waals surface area contributed by atoms with E-state index in [1.807, 2.05) is 12.1 Å². The maximum atomic E-state index is 3.07. The van der Waals surface area contributed by atoms with E-state index >= 15 is 0 Å². The zero-order valence-corrected chi connectivity index (χ0v) is 9.41. The third-order valence-electron chi connectivity index (χ3n) is 1.78. The van der Waals surface area contributed by atoms with Crippen molar-refractivity contribution in [3.05, 3.63) is 34.9 Å². The molecule has 0 aliphatic heterocycles. The molecule has 2 heteroatoms. The fourth-order valence-electron chi connectivity index (χ4n) is 0.819. The summed E-state index contributed by atoms with van der Waals surface area (Å²) >= 11 is 0. The van der Waals surface area contributed by atoms with Crippen LogP contribution in [0, 0.1) is 26.8 Å². The summed E-state index contributed by atoms with van der Waals surface area (Å²) < 4.78 is 0. The molecule has 0 bridgehead atoms. The van der Waals surface area contributed by atoms with E-state index < -0.39 is 0 Å². The van der Waals surface area contributed by atoms with Gasteiger partial charge in [0.05, 0.1) is 0 Å². The Hall–Kier alpha value is 0.276. The zero-order valence-electron chi connectivity index (χ0n) is 7.24. The summed E-state index contributed by atoms with van der Waals surface area (Å²) in [6.45, 7) is 6.36. The van der Waals surface area contributed by atoms with Gasteiger partial charge in [-0.2, -0.15) is 34.9 Å². The Morgan fingerprint density at radius 2 is 1.36 bits per heavy atom. The first kappa shape index (κ1) is 13.8. The summed E-state index contributed by atoms with van der Waals surface area (Å²) in [7, 11) is 0. The van der Waals surface area contributed by atoms with Crippen LogP contribution >= 0.6 is 0 Å². The van der Waals surface area contributed by atoms with Crippen molar-refractivity contribution in [2.24, 2.45) is 0 Å². The number of halogens is 1. The molecule has 11 heavy (non-hydrogen) atoms. The van der Waals surface area contributed by atoms with Gasteiger partial charge in [-0.15, -0.1) is 0 Å². The van der Waals surface area contributed by atoms with E-state index in [0.29, 0.717) is 0 Å². The van der Waals surface area contributed by atoms with Crippen LogP contribution in [0.25, 0.3) is 0 Å². The molecule has 0 saturated heterocycles. The van der Waals surface area contributed by atoms with Gasteiger partial charge in [0.25, 0.3) is 0 Å². The van der Waals surface area contributed by atoms with E-state index in [9.17, 15) is 0 Å². The van der Waals surface area contributed by atoms with E-state index in [1.165, 1.54) is 16.7 Å². The van der Waals surface area contributed by atoms with Crippen LogP contribution in [-0.4, -0.2) is 23.1 Å². The fraction of sp³-hybridized carbons (Fsp3) is 0.333. The van der Waals surface area contributed by atoms with Gasteiger partial charge >= 0.3 is 23.1 Å². The van der Waals surface area contributed by atoms with Crippen molar-refractivity contribution in [1.82, 2.24) is 0 Å². The van der Waals surface area contributed by atoms with Crippen LogP contribution in [-0.2, 0) is 0 Å². The van der Waals surface area contributed by atoms with E-state index in [0.717, 1.165) is 0 Å². The van der Waals surface area contributed by atoms with Gasteiger partial charge in [-0.1, -0.05) is 20.8 Å². The van der Waals surface area contributed by atoms with Gasteiger partial charge in [0.1, 0.15) is 0 Å². The molecular weight excluding hydrogens is 168 g/mol. The summed E-state index contributed by atoms with van der Waals surface area (Å²) in [5.41, 5.74) is 4.04. The van der Waals surface area contributed by atoms with Gasteiger partial charge in [-0.05, 0) is 0 Å². The molecule has 0 N–H and O–H groups in total. The molecule has 0 aromatic heterocycles. The number of rotatable bonds is 0. The standard InChI is InChI=1S/C9H11.ClH.Mg/c1-7-5-4-6-8(2)9(7)3;;/h5-6H,1-3H3;1H;/q-1;;+2/p-1. The van der Waals surface area contributed by atoms with E-state index in [4.69, 9.17) is 0 Å². The number of hydrogen-bond donors (Lipinski definition) is 0. The molecule has 0 atom stereocenters. The molecule has 0 unspecified atom stereocenters. The minimum atomic E-state index is 0. The number of hydrogen-bond acceptors (Lipinski definition) is 0. The van der Waals surface area contributed by atoms with Gasteiger partial charge < -0.3 is 12.4 Å². The molecule has 0 radical (unpaired) electrons. The first-order valence-electron chi connectivity index (χ1n) is 3.15. The fourth-order valence-corrected chi connectivity index (χ4v) is 0.819. The maximum Gasteiger partial charge on any atom is 2.00 e. The first-order chi connectivity index (χ1) is 4.22. The normalized spacial score (nSPS) is 7.91. The minimum absolute atomic E-state index is 0. The van der Waals surface area contributed by atoms with E-state index in [-0.39, 0.29) is 35.5 Å². The predicted molar refractivity (Wildman–Crippen MR) is 45.2 cm³/mol. The third kappa shape index (κ3) is 3.45. The van der Waals surface area contributed by atoms with Crippen LogP contribution in [0.4, 0.5) is 0 Å². The Labute approximate surface area is 90.9 Å². The molecular formula is C9H11ClMg. The smallest absolute Gasteiger partial charge is 1.00 e. The Morgan fingerprint density at radius 1 is 1.00 bits per heavy atom. The largest absolute Gasteiger partial charge is 2.00 e. The van der Waals surface area contributed by atoms with Crippen LogP contribution in [0.2, 0.25) is 0 Å². The van der Waals surface area contributed by atoms with Crippen LogP contribution < -0.4 is 12.4 Å². The van der Waals surface area contributed by atoms with Crippen molar-refractivity contribution < 1.29 is 12.4 Å². The van der Waals surface area contributed by atoms with Crippen molar-refractivity contribution in [3.63, 3.8) is 0 Å². The average molecular weight is 179 g/mol. The van der Waals surface area contributed by atoms with E-state index in [2.05, 4.69) is 26.8 Å². The molecule has 1 aromatic rings. The average Bonchev–Trinajstić information content (AvgIpc) is 1.83. The Kier molecular flexibility index (Phi) is 7.38. The number of benzene rings is 1. The predicted octanol–water partition coefficient (Wildman–Crippen LogP) is -0.965. The summed E-state index contributed by atoms with van der Waals surface area (Å²) in [5.74, 6) is 0. The van der Waals surface area contributed by atoms with Crippen molar-refractivity contribution in [1.29, 1.82) is 0 Å². The van der Waals surface area contributed by atoms with Gasteiger partial charge in [0, 0.05) is 0 Å². The second kappa shape index (κ2) is 5.87. The topological polar surface area (TPSA) is 0 Å². The molecule has 0 aliphatic carbocycles. The molecule has 0 amide bonds. The zero-order chi connectivity index (χ0) is 6.85. The second-order valence-electron chi connectivity index (χ2n) is 2.45. The summed E-state index contributed by atoms with van der Waals surface area (Å²) in [5, 5.41) is 0. The molecule has 0 nitrogen and oxygen atoms in total.